The van der Waals surface area contributed by atoms with Gasteiger partial charge in [-0.1, -0.05) is 12.2 Å². The van der Waals surface area contributed by atoms with Gasteiger partial charge in [0.25, 0.3) is 0 Å². The molecule has 0 aromatic heterocycles. The number of rotatable bonds is 0. The van der Waals surface area contributed by atoms with Gasteiger partial charge in [0.05, 0.1) is 24.0 Å². The maximum absolute atomic E-state index is 11.6. The highest BCUT2D eigenvalue weighted by molar-refractivity contribution is 5.75. The van der Waals surface area contributed by atoms with E-state index in [1.807, 2.05) is 0 Å². The van der Waals surface area contributed by atoms with Gasteiger partial charge in [-0.2, -0.15) is 0 Å². The first-order valence-electron chi connectivity index (χ1n) is 5.80. The minimum Gasteiger partial charge on any atom is -0.458 e. The van der Waals surface area contributed by atoms with Crippen LogP contribution in [0, 0.1) is 5.41 Å². The summed E-state index contributed by atoms with van der Waals surface area (Å²) in [5.74, 6) is -0.0146. The lowest BCUT2D eigenvalue weighted by molar-refractivity contribution is -0.166. The largest absolute Gasteiger partial charge is 0.458 e. The second-order valence-corrected chi connectivity index (χ2v) is 5.34. The molecule has 3 atom stereocenters. The van der Waals surface area contributed by atoms with Crippen molar-refractivity contribution < 1.29 is 14.3 Å². The van der Waals surface area contributed by atoms with Crippen LogP contribution in [-0.2, 0) is 14.3 Å². The molecule has 3 heteroatoms. The van der Waals surface area contributed by atoms with E-state index in [4.69, 9.17) is 9.47 Å². The molecule has 4 aliphatic rings. The fourth-order valence-corrected chi connectivity index (χ4v) is 3.90. The van der Waals surface area contributed by atoms with Gasteiger partial charge in [0.2, 0.25) is 0 Å². The van der Waals surface area contributed by atoms with Gasteiger partial charge in [0.15, 0.2) is 0 Å². The fourth-order valence-electron chi connectivity index (χ4n) is 3.90. The van der Waals surface area contributed by atoms with Gasteiger partial charge >= 0.3 is 5.97 Å². The summed E-state index contributed by atoms with van der Waals surface area (Å²) in [5, 5.41) is 0. The third kappa shape index (κ3) is 0.771. The van der Waals surface area contributed by atoms with Crippen molar-refractivity contribution in [3.8, 4) is 0 Å². The summed E-state index contributed by atoms with van der Waals surface area (Å²) >= 11 is 0. The Balaban J connectivity index is 1.81. The zero-order valence-electron chi connectivity index (χ0n) is 8.57. The minimum absolute atomic E-state index is 0.0122. The molecule has 3 nitrogen and oxygen atoms in total. The summed E-state index contributed by atoms with van der Waals surface area (Å²) in [7, 11) is 0. The van der Waals surface area contributed by atoms with E-state index >= 15 is 0 Å². The number of hydrogen-bond acceptors (Lipinski definition) is 3. The first-order chi connectivity index (χ1) is 7.24. The van der Waals surface area contributed by atoms with Gasteiger partial charge in [0.1, 0.15) is 5.60 Å². The molecule has 3 heterocycles. The van der Waals surface area contributed by atoms with Crippen LogP contribution in [0.3, 0.4) is 0 Å². The molecule has 0 aromatic rings. The van der Waals surface area contributed by atoms with Crippen LogP contribution in [0.5, 0.6) is 0 Å². The Morgan fingerprint density at radius 1 is 1.33 bits per heavy atom. The molecule has 0 aromatic carbocycles. The molecular weight excluding hydrogens is 192 g/mol. The van der Waals surface area contributed by atoms with Crippen molar-refractivity contribution in [2.24, 2.45) is 5.41 Å². The Hall–Kier alpha value is -0.830. The lowest BCUT2D eigenvalue weighted by Crippen LogP contribution is -2.54. The molecule has 1 aliphatic carbocycles. The molecular formula is C12H14O3. The topological polar surface area (TPSA) is 35.5 Å². The average Bonchev–Trinajstić information content (AvgIpc) is 2.76. The molecule has 2 saturated heterocycles. The third-order valence-electron chi connectivity index (χ3n) is 4.77. The molecule has 1 saturated carbocycles. The molecule has 3 fully saturated rings. The van der Waals surface area contributed by atoms with E-state index in [-0.39, 0.29) is 29.2 Å². The van der Waals surface area contributed by atoms with Crippen molar-refractivity contribution in [1.82, 2.24) is 0 Å². The van der Waals surface area contributed by atoms with Gasteiger partial charge < -0.3 is 9.47 Å². The molecule has 4 rings (SSSR count). The Morgan fingerprint density at radius 2 is 2.20 bits per heavy atom. The normalized spacial score (nSPS) is 48.9. The van der Waals surface area contributed by atoms with Crippen LogP contribution in [0.2, 0.25) is 0 Å². The first-order valence-corrected chi connectivity index (χ1v) is 5.80. The molecule has 0 radical (unpaired) electrons. The van der Waals surface area contributed by atoms with Gasteiger partial charge in [-0.05, 0) is 25.7 Å². The molecule has 80 valence electrons. The van der Waals surface area contributed by atoms with Crippen molar-refractivity contribution >= 4 is 5.97 Å². The van der Waals surface area contributed by atoms with Gasteiger partial charge in [-0.25, -0.2) is 0 Å². The van der Waals surface area contributed by atoms with E-state index in [0.29, 0.717) is 6.42 Å². The van der Waals surface area contributed by atoms with Crippen LogP contribution >= 0.6 is 0 Å². The first kappa shape index (κ1) is 8.34. The van der Waals surface area contributed by atoms with Crippen LogP contribution in [0.4, 0.5) is 0 Å². The standard InChI is InChI=1S/C12H14O3/c13-10-7-11(12(15-10)4-1-5-12)6-8-2-3-9(11)14-8/h2-3,8-9H,1,4-7H2. The Labute approximate surface area is 88.4 Å². The summed E-state index contributed by atoms with van der Waals surface area (Å²) in [6.45, 7) is 0. The minimum atomic E-state index is -0.158. The Bertz CT molecular complexity index is 369. The van der Waals surface area contributed by atoms with E-state index in [9.17, 15) is 4.79 Å². The molecule has 2 bridgehead atoms. The zero-order valence-corrected chi connectivity index (χ0v) is 8.57. The van der Waals surface area contributed by atoms with Crippen LogP contribution in [-0.4, -0.2) is 23.8 Å². The van der Waals surface area contributed by atoms with Crippen LogP contribution < -0.4 is 0 Å². The summed E-state index contributed by atoms with van der Waals surface area (Å²) in [5.41, 5.74) is -0.171. The lowest BCUT2D eigenvalue weighted by atomic mass is 9.57. The van der Waals surface area contributed by atoms with Crippen molar-refractivity contribution in [3.05, 3.63) is 12.2 Å². The van der Waals surface area contributed by atoms with Gasteiger partial charge in [-0.3, -0.25) is 4.79 Å². The van der Waals surface area contributed by atoms with Gasteiger partial charge in [0, 0.05) is 0 Å². The second-order valence-electron chi connectivity index (χ2n) is 5.34. The van der Waals surface area contributed by atoms with Crippen molar-refractivity contribution in [2.75, 3.05) is 0 Å². The Morgan fingerprint density at radius 3 is 2.73 bits per heavy atom. The highest BCUT2D eigenvalue weighted by atomic mass is 16.6. The summed E-state index contributed by atoms with van der Waals surface area (Å²) in [4.78, 5) is 11.6. The predicted molar refractivity (Wildman–Crippen MR) is 52.1 cm³/mol. The van der Waals surface area contributed by atoms with E-state index in [1.165, 1.54) is 6.42 Å². The number of carbonyl (C=O) groups is 1. The number of esters is 1. The van der Waals surface area contributed by atoms with Gasteiger partial charge in [-0.15, -0.1) is 0 Å². The summed E-state index contributed by atoms with van der Waals surface area (Å²) < 4.78 is 11.5. The quantitative estimate of drug-likeness (QED) is 0.446. The SMILES string of the molecule is O=C1CC2(CC3C=CC2O3)C2(CCC2)O1. The van der Waals surface area contributed by atoms with E-state index < -0.39 is 0 Å². The predicted octanol–water partition coefficient (Wildman–Crippen LogP) is 1.57. The summed E-state index contributed by atoms with van der Waals surface area (Å²) in [6, 6.07) is 0. The van der Waals surface area contributed by atoms with Crippen molar-refractivity contribution in [1.29, 1.82) is 0 Å². The van der Waals surface area contributed by atoms with Crippen molar-refractivity contribution in [3.63, 3.8) is 0 Å². The smallest absolute Gasteiger partial charge is 0.307 e. The molecule has 3 unspecified atom stereocenters. The molecule has 0 amide bonds. The van der Waals surface area contributed by atoms with Crippen LogP contribution in [0.25, 0.3) is 0 Å². The van der Waals surface area contributed by atoms with Crippen LogP contribution in [0.15, 0.2) is 12.2 Å². The highest BCUT2D eigenvalue weighted by Gasteiger charge is 2.69. The number of ether oxygens (including phenoxy) is 2. The number of hydrogen-bond donors (Lipinski definition) is 0. The lowest BCUT2D eigenvalue weighted by Gasteiger charge is -2.49. The molecule has 15 heavy (non-hydrogen) atoms. The zero-order chi connectivity index (χ0) is 10.1. The third-order valence-corrected chi connectivity index (χ3v) is 4.77. The highest BCUT2D eigenvalue weighted by Crippen LogP contribution is 2.64. The fraction of sp³-hybridized carbons (Fsp3) is 0.750. The van der Waals surface area contributed by atoms with E-state index in [2.05, 4.69) is 12.2 Å². The molecule has 0 N–H and O–H groups in total. The van der Waals surface area contributed by atoms with E-state index in [0.717, 1.165) is 19.3 Å². The maximum atomic E-state index is 11.6. The summed E-state index contributed by atoms with van der Waals surface area (Å²) in [6.07, 6.45) is 9.46. The monoisotopic (exact) mass is 206 g/mol. The number of fused-ring (bicyclic) bond motifs is 4. The average molecular weight is 206 g/mol. The molecule has 2 spiro atoms. The Kier molecular flexibility index (Phi) is 1.27. The second kappa shape index (κ2) is 2.29. The van der Waals surface area contributed by atoms with Crippen LogP contribution in [0.1, 0.15) is 32.1 Å². The van der Waals surface area contributed by atoms with E-state index in [1.54, 1.807) is 0 Å². The maximum Gasteiger partial charge on any atom is 0.307 e. The number of carbonyl (C=O) groups excluding carboxylic acids is 1. The molecule has 3 aliphatic heterocycles. The van der Waals surface area contributed by atoms with Crippen molar-refractivity contribution in [2.45, 2.75) is 49.9 Å².